The molecular weight excluding hydrogens is 599 g/mol. The molecule has 0 N–H and O–H groups in total. The topological polar surface area (TPSA) is 105 Å². The molecule has 258 valence electrons. The van der Waals surface area contributed by atoms with Crippen molar-refractivity contribution in [3.05, 3.63) is 23.4 Å². The van der Waals surface area contributed by atoms with Crippen LogP contribution in [0.1, 0.15) is 104 Å². The van der Waals surface area contributed by atoms with E-state index in [2.05, 4.69) is 40.7 Å². The first-order valence-electron chi connectivity index (χ1n) is 17.5. The van der Waals surface area contributed by atoms with Crippen molar-refractivity contribution in [1.29, 1.82) is 0 Å². The van der Waals surface area contributed by atoms with Gasteiger partial charge >= 0.3 is 19.3 Å². The van der Waals surface area contributed by atoms with Crippen LogP contribution in [0.4, 0.5) is 9.59 Å². The van der Waals surface area contributed by atoms with E-state index in [0.29, 0.717) is 38.4 Å². The van der Waals surface area contributed by atoms with E-state index in [1.165, 1.54) is 0 Å². The number of benzene rings is 1. The molecule has 2 amide bonds. The zero-order valence-corrected chi connectivity index (χ0v) is 29.6. The van der Waals surface area contributed by atoms with Crippen molar-refractivity contribution >= 4 is 35.7 Å². The zero-order chi connectivity index (χ0) is 33.7. The number of nitrogens with zero attached hydrogens (tertiary/aromatic N) is 4. The fraction of sp³-hybridized carbons (Fsp3) is 0.743. The second-order valence-electron chi connectivity index (χ2n) is 15.8. The molecule has 1 aromatic heterocycles. The summed E-state index contributed by atoms with van der Waals surface area (Å²) in [6.45, 7) is 18.8. The summed E-state index contributed by atoms with van der Waals surface area (Å²) in [4.78, 5) is 29.6. The molecule has 3 atom stereocenters. The average molecular weight is 653 g/mol. The van der Waals surface area contributed by atoms with Gasteiger partial charge in [0.05, 0.1) is 35.6 Å². The zero-order valence-electron chi connectivity index (χ0n) is 29.6. The summed E-state index contributed by atoms with van der Waals surface area (Å²) >= 11 is 0. The first-order valence-corrected chi connectivity index (χ1v) is 17.5. The predicted molar refractivity (Wildman–Crippen MR) is 180 cm³/mol. The van der Waals surface area contributed by atoms with Crippen LogP contribution in [0.5, 0.6) is 0 Å². The quantitative estimate of drug-likeness (QED) is 0.288. The summed E-state index contributed by atoms with van der Waals surface area (Å²) in [5, 5.41) is 5.81. The molecule has 11 nitrogen and oxygen atoms in total. The number of aryl methyl sites for hydroxylation is 1. The van der Waals surface area contributed by atoms with Crippen LogP contribution in [0.15, 0.2) is 12.3 Å². The molecule has 0 bridgehead atoms. The Morgan fingerprint density at radius 1 is 1.04 bits per heavy atom. The number of likely N-dealkylation sites (tertiary alicyclic amines) is 2. The van der Waals surface area contributed by atoms with Gasteiger partial charge < -0.3 is 33.3 Å². The molecule has 0 radical (unpaired) electrons. The fourth-order valence-corrected chi connectivity index (χ4v) is 7.45. The van der Waals surface area contributed by atoms with Crippen LogP contribution in [0.2, 0.25) is 0 Å². The number of carbonyl (C=O) groups is 2. The summed E-state index contributed by atoms with van der Waals surface area (Å²) in [7, 11) is -0.550. The van der Waals surface area contributed by atoms with Crippen LogP contribution in [-0.4, -0.2) is 94.6 Å². The van der Waals surface area contributed by atoms with E-state index in [0.717, 1.165) is 66.2 Å². The molecule has 0 spiro atoms. The summed E-state index contributed by atoms with van der Waals surface area (Å²) in [5.74, 6) is 0.373. The van der Waals surface area contributed by atoms with Crippen LogP contribution in [-0.2, 0) is 29.9 Å². The Bertz CT molecular complexity index is 1460. The standard InChI is InChI=1S/C35H53BN4O7/c1-23-20-27-26(21-37-40(27)29-13-9-10-18-43-29)30(36-46-34(5,6)35(7,8)47-36)25(23)12-11-19-44-32(42)39-17-15-24-14-16-38(22-28(24)39)31(41)45-33(2,3)4/h20-21,24,28-29H,9-19,22H2,1-8H3/t24-,28-,29+/m0/s1. The van der Waals surface area contributed by atoms with Gasteiger partial charge in [-0.25, -0.2) is 14.3 Å². The van der Waals surface area contributed by atoms with Crippen LogP contribution < -0.4 is 5.46 Å². The van der Waals surface area contributed by atoms with Gasteiger partial charge in [-0.1, -0.05) is 0 Å². The number of ether oxygens (including phenoxy) is 3. The van der Waals surface area contributed by atoms with E-state index in [9.17, 15) is 9.59 Å². The van der Waals surface area contributed by atoms with Gasteiger partial charge in [0, 0.05) is 31.6 Å². The van der Waals surface area contributed by atoms with Gasteiger partial charge in [0.1, 0.15) is 5.60 Å². The lowest BCUT2D eigenvalue weighted by Gasteiger charge is -2.38. The Kier molecular flexibility index (Phi) is 9.34. The van der Waals surface area contributed by atoms with Gasteiger partial charge in [-0.05, 0) is 129 Å². The van der Waals surface area contributed by atoms with E-state index < -0.39 is 23.9 Å². The lowest BCUT2D eigenvalue weighted by molar-refractivity contribution is -0.0366. The van der Waals surface area contributed by atoms with Gasteiger partial charge in [0.2, 0.25) is 0 Å². The number of aromatic nitrogens is 2. The molecule has 12 heteroatoms. The molecule has 0 unspecified atom stereocenters. The van der Waals surface area contributed by atoms with E-state index >= 15 is 0 Å². The Labute approximate surface area is 279 Å². The molecule has 1 aromatic carbocycles. The van der Waals surface area contributed by atoms with Gasteiger partial charge in [-0.3, -0.25) is 0 Å². The van der Waals surface area contributed by atoms with E-state index in [4.69, 9.17) is 28.6 Å². The van der Waals surface area contributed by atoms with Crippen molar-refractivity contribution in [3.63, 3.8) is 0 Å². The van der Waals surface area contributed by atoms with Crippen molar-refractivity contribution < 1.29 is 33.1 Å². The number of rotatable bonds is 6. The number of amides is 2. The van der Waals surface area contributed by atoms with Crippen LogP contribution in [0.3, 0.4) is 0 Å². The van der Waals surface area contributed by atoms with Crippen molar-refractivity contribution in [1.82, 2.24) is 19.6 Å². The molecule has 4 saturated heterocycles. The van der Waals surface area contributed by atoms with Crippen LogP contribution >= 0.6 is 0 Å². The third-order valence-corrected chi connectivity index (χ3v) is 10.7. The lowest BCUT2D eigenvalue weighted by Crippen LogP contribution is -2.52. The fourth-order valence-electron chi connectivity index (χ4n) is 7.45. The summed E-state index contributed by atoms with van der Waals surface area (Å²) in [5.41, 5.74) is 2.74. The van der Waals surface area contributed by atoms with Gasteiger partial charge in [-0.2, -0.15) is 5.10 Å². The summed E-state index contributed by atoms with van der Waals surface area (Å²) in [6.07, 6.45) is 7.47. The highest BCUT2D eigenvalue weighted by molar-refractivity contribution is 6.65. The molecule has 4 aliphatic rings. The Balaban J connectivity index is 1.15. The SMILES string of the molecule is Cc1cc2c(cnn2[C@H]2CCCCO2)c(B2OC(C)(C)C(C)(C)O2)c1CCCOC(=O)N1CC[C@@H]2CCN(C(=O)OC(C)(C)C)C[C@@H]21. The normalized spacial score (nSPS) is 25.7. The van der Waals surface area contributed by atoms with E-state index in [-0.39, 0.29) is 31.1 Å². The lowest BCUT2D eigenvalue weighted by atomic mass is 9.72. The van der Waals surface area contributed by atoms with Crippen LogP contribution in [0, 0.1) is 12.8 Å². The smallest absolute Gasteiger partial charge is 0.449 e. The molecule has 2 aromatic rings. The van der Waals surface area contributed by atoms with Gasteiger partial charge in [0.25, 0.3) is 0 Å². The third-order valence-electron chi connectivity index (χ3n) is 10.7. The number of fused-ring (bicyclic) bond motifs is 2. The highest BCUT2D eigenvalue weighted by Gasteiger charge is 2.53. The second kappa shape index (κ2) is 12.9. The monoisotopic (exact) mass is 652 g/mol. The second-order valence-corrected chi connectivity index (χ2v) is 15.8. The van der Waals surface area contributed by atoms with Gasteiger partial charge in [0.15, 0.2) is 6.23 Å². The Morgan fingerprint density at radius 3 is 2.45 bits per heavy atom. The molecule has 0 saturated carbocycles. The molecular formula is C35H53BN4O7. The van der Waals surface area contributed by atoms with Gasteiger partial charge in [-0.15, -0.1) is 0 Å². The minimum Gasteiger partial charge on any atom is -0.449 e. The van der Waals surface area contributed by atoms with E-state index in [1.54, 1.807) is 4.90 Å². The van der Waals surface area contributed by atoms with Crippen LogP contribution in [0.25, 0.3) is 10.9 Å². The van der Waals surface area contributed by atoms with Crippen molar-refractivity contribution in [2.75, 3.05) is 32.8 Å². The van der Waals surface area contributed by atoms with Crippen molar-refractivity contribution in [3.8, 4) is 0 Å². The number of piperidine rings is 1. The van der Waals surface area contributed by atoms with E-state index in [1.807, 2.05) is 36.5 Å². The third kappa shape index (κ3) is 6.88. The highest BCUT2D eigenvalue weighted by atomic mass is 16.7. The molecule has 47 heavy (non-hydrogen) atoms. The molecule has 4 fully saturated rings. The maximum atomic E-state index is 13.3. The molecule has 0 aliphatic carbocycles. The maximum absolute atomic E-state index is 13.3. The minimum atomic E-state index is -0.558. The maximum Gasteiger partial charge on any atom is 0.495 e. The van der Waals surface area contributed by atoms with Crippen molar-refractivity contribution in [2.45, 2.75) is 129 Å². The largest absolute Gasteiger partial charge is 0.495 e. The first kappa shape index (κ1) is 34.1. The van der Waals surface area contributed by atoms with Crippen molar-refractivity contribution in [2.24, 2.45) is 5.92 Å². The number of hydrogen-bond donors (Lipinski definition) is 0. The molecule has 5 heterocycles. The summed E-state index contributed by atoms with van der Waals surface area (Å²) in [6, 6.07) is 2.15. The Hall–Kier alpha value is -2.83. The average Bonchev–Trinajstić information content (AvgIpc) is 3.67. The number of carbonyl (C=O) groups excluding carboxylic acids is 2. The number of hydrogen-bond acceptors (Lipinski definition) is 8. The first-order chi connectivity index (χ1) is 22.1. The highest BCUT2D eigenvalue weighted by Crippen LogP contribution is 2.38. The minimum absolute atomic E-state index is 0.0481. The predicted octanol–water partition coefficient (Wildman–Crippen LogP) is 5.74. The Morgan fingerprint density at radius 2 is 1.77 bits per heavy atom. The molecule has 6 rings (SSSR count). The molecule has 4 aliphatic heterocycles. The summed E-state index contributed by atoms with van der Waals surface area (Å²) < 4.78 is 32.8.